The number of aryl methyl sites for hydroxylation is 2. The number of esters is 1. The Hall–Kier alpha value is -2.30. The molecule has 2 aromatic rings. The van der Waals surface area contributed by atoms with E-state index in [0.717, 1.165) is 16.9 Å². The fourth-order valence-corrected chi connectivity index (χ4v) is 2.15. The molecule has 5 heteroatoms. The Morgan fingerprint density at radius 2 is 2.10 bits per heavy atom. The van der Waals surface area contributed by atoms with Gasteiger partial charge >= 0.3 is 5.97 Å². The van der Waals surface area contributed by atoms with Crippen LogP contribution in [0.1, 0.15) is 17.2 Å². The summed E-state index contributed by atoms with van der Waals surface area (Å²) in [6, 6.07) is 9.62. The van der Waals surface area contributed by atoms with Crippen LogP contribution in [0.25, 0.3) is 0 Å². The molecule has 1 unspecified atom stereocenters. The lowest BCUT2D eigenvalue weighted by Gasteiger charge is -2.16. The standard InChI is InChI=1S/C15H19N3O2/c1-11-14(10-18(2)17-11)16-9-13(15(19)20-3)12-7-5-4-6-8-12/h4-8,10,13,16H,9H2,1-3H3. The minimum atomic E-state index is -0.333. The molecule has 1 aromatic heterocycles. The normalized spacial score (nSPS) is 11.9. The zero-order chi connectivity index (χ0) is 14.5. The number of carbonyl (C=O) groups excluding carboxylic acids is 1. The van der Waals surface area contributed by atoms with Gasteiger partial charge in [-0.15, -0.1) is 0 Å². The van der Waals surface area contributed by atoms with E-state index in [2.05, 4.69) is 10.4 Å². The first-order valence-electron chi connectivity index (χ1n) is 6.48. The number of anilines is 1. The van der Waals surface area contributed by atoms with E-state index in [1.54, 1.807) is 4.68 Å². The minimum absolute atomic E-state index is 0.245. The molecule has 0 fully saturated rings. The molecule has 0 aliphatic carbocycles. The summed E-state index contributed by atoms with van der Waals surface area (Å²) < 4.78 is 6.63. The van der Waals surface area contributed by atoms with E-state index >= 15 is 0 Å². The number of methoxy groups -OCH3 is 1. The predicted octanol–water partition coefficient (Wildman–Crippen LogP) is 2.10. The highest BCUT2D eigenvalue weighted by molar-refractivity contribution is 5.78. The van der Waals surface area contributed by atoms with Crippen LogP contribution < -0.4 is 5.32 Å². The lowest BCUT2D eigenvalue weighted by molar-refractivity contribution is -0.142. The third-order valence-corrected chi connectivity index (χ3v) is 3.20. The number of carbonyl (C=O) groups is 1. The van der Waals surface area contributed by atoms with Crippen LogP contribution in [0.2, 0.25) is 0 Å². The second-order valence-electron chi connectivity index (χ2n) is 4.67. The van der Waals surface area contributed by atoms with Crippen LogP contribution >= 0.6 is 0 Å². The van der Waals surface area contributed by atoms with Crippen molar-refractivity contribution < 1.29 is 9.53 Å². The second kappa shape index (κ2) is 6.23. The molecule has 1 aromatic carbocycles. The van der Waals surface area contributed by atoms with Gasteiger partial charge in [0, 0.05) is 19.8 Å². The zero-order valence-corrected chi connectivity index (χ0v) is 12.0. The molecule has 2 rings (SSSR count). The van der Waals surface area contributed by atoms with Gasteiger partial charge < -0.3 is 10.1 Å². The number of aromatic nitrogens is 2. The number of nitrogens with zero attached hydrogens (tertiary/aromatic N) is 2. The lowest BCUT2D eigenvalue weighted by atomic mass is 9.99. The van der Waals surface area contributed by atoms with Gasteiger partial charge in [0.2, 0.25) is 0 Å². The highest BCUT2D eigenvalue weighted by Gasteiger charge is 2.21. The highest BCUT2D eigenvalue weighted by atomic mass is 16.5. The molecule has 106 valence electrons. The van der Waals surface area contributed by atoms with E-state index in [1.165, 1.54) is 7.11 Å². The van der Waals surface area contributed by atoms with Gasteiger partial charge in [0.25, 0.3) is 0 Å². The van der Waals surface area contributed by atoms with Crippen LogP contribution in [-0.4, -0.2) is 29.4 Å². The van der Waals surface area contributed by atoms with Gasteiger partial charge in [-0.25, -0.2) is 0 Å². The average Bonchev–Trinajstić information content (AvgIpc) is 2.78. The number of hydrogen-bond donors (Lipinski definition) is 1. The molecule has 5 nitrogen and oxygen atoms in total. The SMILES string of the molecule is COC(=O)C(CNc1cn(C)nc1C)c1ccccc1. The van der Waals surface area contributed by atoms with Gasteiger partial charge in [0.15, 0.2) is 0 Å². The summed E-state index contributed by atoms with van der Waals surface area (Å²) in [6.45, 7) is 2.40. The highest BCUT2D eigenvalue weighted by Crippen LogP contribution is 2.19. The molecular formula is C15H19N3O2. The van der Waals surface area contributed by atoms with Crippen molar-refractivity contribution in [1.29, 1.82) is 0 Å². The molecule has 0 bridgehead atoms. The van der Waals surface area contributed by atoms with Crippen LogP contribution in [0.5, 0.6) is 0 Å². The Bertz CT molecular complexity index is 578. The largest absolute Gasteiger partial charge is 0.468 e. The molecule has 20 heavy (non-hydrogen) atoms. The van der Waals surface area contributed by atoms with E-state index < -0.39 is 0 Å². The Morgan fingerprint density at radius 1 is 1.40 bits per heavy atom. The Morgan fingerprint density at radius 3 is 2.65 bits per heavy atom. The van der Waals surface area contributed by atoms with Crippen molar-refractivity contribution in [3.05, 3.63) is 47.8 Å². The van der Waals surface area contributed by atoms with Gasteiger partial charge in [-0.1, -0.05) is 30.3 Å². The van der Waals surface area contributed by atoms with Crippen molar-refractivity contribution in [3.8, 4) is 0 Å². The third-order valence-electron chi connectivity index (χ3n) is 3.20. The van der Waals surface area contributed by atoms with Crippen molar-refractivity contribution >= 4 is 11.7 Å². The molecule has 0 radical (unpaired) electrons. The van der Waals surface area contributed by atoms with E-state index in [0.29, 0.717) is 6.54 Å². The summed E-state index contributed by atoms with van der Waals surface area (Å²) in [5.41, 5.74) is 2.77. The van der Waals surface area contributed by atoms with Crippen molar-refractivity contribution in [2.24, 2.45) is 7.05 Å². The minimum Gasteiger partial charge on any atom is -0.468 e. The smallest absolute Gasteiger partial charge is 0.314 e. The summed E-state index contributed by atoms with van der Waals surface area (Å²) in [5, 5.41) is 7.53. The molecule has 0 spiro atoms. The maximum absolute atomic E-state index is 11.9. The second-order valence-corrected chi connectivity index (χ2v) is 4.67. The van der Waals surface area contributed by atoms with Gasteiger partial charge in [-0.2, -0.15) is 5.10 Å². The van der Waals surface area contributed by atoms with Crippen LogP contribution in [-0.2, 0) is 16.6 Å². The summed E-state index contributed by atoms with van der Waals surface area (Å²) in [6.07, 6.45) is 1.90. The first-order chi connectivity index (χ1) is 9.61. The van der Waals surface area contributed by atoms with Gasteiger partial charge in [-0.3, -0.25) is 9.48 Å². The fraction of sp³-hybridized carbons (Fsp3) is 0.333. The monoisotopic (exact) mass is 273 g/mol. The van der Waals surface area contributed by atoms with Crippen molar-refractivity contribution in [2.75, 3.05) is 19.0 Å². The fourth-order valence-electron chi connectivity index (χ4n) is 2.15. The van der Waals surface area contributed by atoms with Gasteiger partial charge in [0.1, 0.15) is 0 Å². The molecule has 0 aliphatic heterocycles. The third kappa shape index (κ3) is 3.17. The number of ether oxygens (including phenoxy) is 1. The summed E-state index contributed by atoms with van der Waals surface area (Å²) in [7, 11) is 3.28. The molecule has 0 saturated carbocycles. The lowest BCUT2D eigenvalue weighted by Crippen LogP contribution is -2.22. The van der Waals surface area contributed by atoms with Crippen molar-refractivity contribution in [3.63, 3.8) is 0 Å². The molecular weight excluding hydrogens is 254 g/mol. The molecule has 1 N–H and O–H groups in total. The van der Waals surface area contributed by atoms with Crippen LogP contribution in [0.15, 0.2) is 36.5 Å². The molecule has 0 aliphatic rings. The van der Waals surface area contributed by atoms with E-state index in [9.17, 15) is 4.79 Å². The predicted molar refractivity (Wildman–Crippen MR) is 77.6 cm³/mol. The number of hydrogen-bond acceptors (Lipinski definition) is 4. The maximum atomic E-state index is 11.9. The summed E-state index contributed by atoms with van der Waals surface area (Å²) in [5.74, 6) is -0.578. The van der Waals surface area contributed by atoms with Crippen molar-refractivity contribution in [1.82, 2.24) is 9.78 Å². The topological polar surface area (TPSA) is 56.1 Å². The van der Waals surface area contributed by atoms with E-state index in [-0.39, 0.29) is 11.9 Å². The number of benzene rings is 1. The first kappa shape index (κ1) is 14.1. The summed E-state index contributed by atoms with van der Waals surface area (Å²) in [4.78, 5) is 11.9. The molecule has 1 atom stereocenters. The number of nitrogens with one attached hydrogen (secondary N) is 1. The van der Waals surface area contributed by atoms with Crippen LogP contribution in [0.4, 0.5) is 5.69 Å². The summed E-state index contributed by atoms with van der Waals surface area (Å²) >= 11 is 0. The first-order valence-corrected chi connectivity index (χ1v) is 6.48. The van der Waals surface area contributed by atoms with Crippen LogP contribution in [0.3, 0.4) is 0 Å². The van der Waals surface area contributed by atoms with Gasteiger partial charge in [0.05, 0.1) is 24.4 Å². The van der Waals surface area contributed by atoms with E-state index in [1.807, 2.05) is 50.5 Å². The Kier molecular flexibility index (Phi) is 4.40. The molecule has 0 amide bonds. The molecule has 1 heterocycles. The average molecular weight is 273 g/mol. The Balaban J connectivity index is 2.13. The van der Waals surface area contributed by atoms with Crippen LogP contribution in [0, 0.1) is 6.92 Å². The Labute approximate surface area is 118 Å². The number of rotatable bonds is 5. The molecule has 0 saturated heterocycles. The maximum Gasteiger partial charge on any atom is 0.314 e. The van der Waals surface area contributed by atoms with Gasteiger partial charge in [-0.05, 0) is 12.5 Å². The van der Waals surface area contributed by atoms with Crippen molar-refractivity contribution in [2.45, 2.75) is 12.8 Å². The zero-order valence-electron chi connectivity index (χ0n) is 12.0. The van der Waals surface area contributed by atoms with E-state index in [4.69, 9.17) is 4.74 Å². The quantitative estimate of drug-likeness (QED) is 0.848.